The zero-order chi connectivity index (χ0) is 19.8. The SMILES string of the molecule is CCCOc1cccc(C(=O)NC(=S)N2CCNC(=O)C2CC(=O)OC)c1. The number of nitrogens with one attached hydrogen (secondary N) is 2. The Bertz CT molecular complexity index is 725. The summed E-state index contributed by atoms with van der Waals surface area (Å²) in [4.78, 5) is 37.7. The van der Waals surface area contributed by atoms with E-state index in [9.17, 15) is 14.4 Å². The van der Waals surface area contributed by atoms with E-state index in [4.69, 9.17) is 17.0 Å². The second-order valence-corrected chi connectivity index (χ2v) is 6.30. The topological polar surface area (TPSA) is 97.0 Å². The Morgan fingerprint density at radius 3 is 2.89 bits per heavy atom. The first-order chi connectivity index (χ1) is 13.0. The van der Waals surface area contributed by atoms with Crippen LogP contribution in [0.3, 0.4) is 0 Å². The minimum atomic E-state index is -0.821. The van der Waals surface area contributed by atoms with Gasteiger partial charge >= 0.3 is 5.97 Å². The molecule has 8 nitrogen and oxygen atoms in total. The molecule has 27 heavy (non-hydrogen) atoms. The molecule has 1 heterocycles. The van der Waals surface area contributed by atoms with E-state index in [2.05, 4.69) is 15.4 Å². The Hall–Kier alpha value is -2.68. The summed E-state index contributed by atoms with van der Waals surface area (Å²) in [6.45, 7) is 3.30. The molecule has 0 saturated carbocycles. The third kappa shape index (κ3) is 5.65. The van der Waals surface area contributed by atoms with Gasteiger partial charge in [-0.15, -0.1) is 0 Å². The van der Waals surface area contributed by atoms with E-state index < -0.39 is 17.9 Å². The van der Waals surface area contributed by atoms with Crippen molar-refractivity contribution < 1.29 is 23.9 Å². The first-order valence-corrected chi connectivity index (χ1v) is 9.06. The van der Waals surface area contributed by atoms with Gasteiger partial charge in [-0.3, -0.25) is 19.7 Å². The number of hydrogen-bond acceptors (Lipinski definition) is 6. The predicted octanol–water partition coefficient (Wildman–Crippen LogP) is 0.854. The number of carbonyl (C=O) groups excluding carboxylic acids is 3. The smallest absolute Gasteiger partial charge is 0.308 e. The summed E-state index contributed by atoms with van der Waals surface area (Å²) >= 11 is 5.30. The Labute approximate surface area is 163 Å². The molecule has 2 amide bonds. The van der Waals surface area contributed by atoms with Crippen LogP contribution in [0.4, 0.5) is 0 Å². The van der Waals surface area contributed by atoms with Gasteiger partial charge in [0.25, 0.3) is 5.91 Å². The largest absolute Gasteiger partial charge is 0.494 e. The number of carbonyl (C=O) groups is 3. The number of ether oxygens (including phenoxy) is 2. The highest BCUT2D eigenvalue weighted by Gasteiger charge is 2.34. The third-order valence-electron chi connectivity index (χ3n) is 3.97. The molecule has 1 aliphatic heterocycles. The van der Waals surface area contributed by atoms with Crippen molar-refractivity contribution in [2.24, 2.45) is 0 Å². The van der Waals surface area contributed by atoms with Crippen molar-refractivity contribution >= 4 is 35.1 Å². The van der Waals surface area contributed by atoms with Crippen LogP contribution in [0.1, 0.15) is 30.1 Å². The van der Waals surface area contributed by atoms with E-state index in [1.54, 1.807) is 24.3 Å². The number of esters is 1. The van der Waals surface area contributed by atoms with Gasteiger partial charge in [-0.2, -0.15) is 0 Å². The van der Waals surface area contributed by atoms with E-state index in [1.165, 1.54) is 12.0 Å². The van der Waals surface area contributed by atoms with Gasteiger partial charge < -0.3 is 19.7 Å². The van der Waals surface area contributed by atoms with Crippen molar-refractivity contribution in [3.63, 3.8) is 0 Å². The van der Waals surface area contributed by atoms with Crippen molar-refractivity contribution in [1.29, 1.82) is 0 Å². The average molecular weight is 393 g/mol. The number of rotatable bonds is 6. The van der Waals surface area contributed by atoms with Crippen LogP contribution in [0.15, 0.2) is 24.3 Å². The maximum Gasteiger partial charge on any atom is 0.308 e. The molecule has 2 N–H and O–H groups in total. The Kier molecular flexibility index (Phi) is 7.54. The van der Waals surface area contributed by atoms with Crippen LogP contribution in [0.25, 0.3) is 0 Å². The second kappa shape index (κ2) is 9.86. The molecule has 0 spiro atoms. The summed E-state index contributed by atoms with van der Waals surface area (Å²) in [5.74, 6) is -0.684. The molecule has 1 aromatic rings. The summed E-state index contributed by atoms with van der Waals surface area (Å²) in [6, 6.07) is 5.94. The molecule has 1 atom stereocenters. The number of amides is 2. The summed E-state index contributed by atoms with van der Waals surface area (Å²) < 4.78 is 10.2. The van der Waals surface area contributed by atoms with Crippen LogP contribution in [-0.2, 0) is 14.3 Å². The van der Waals surface area contributed by atoms with Crippen molar-refractivity contribution in [3.05, 3.63) is 29.8 Å². The van der Waals surface area contributed by atoms with Gasteiger partial charge in [-0.25, -0.2) is 0 Å². The second-order valence-electron chi connectivity index (χ2n) is 5.92. The van der Waals surface area contributed by atoms with E-state index in [-0.39, 0.29) is 17.4 Å². The van der Waals surface area contributed by atoms with Crippen LogP contribution in [0.2, 0.25) is 0 Å². The molecule has 0 bridgehead atoms. The molecular formula is C18H23N3O5S. The number of benzene rings is 1. The van der Waals surface area contributed by atoms with Crippen molar-refractivity contribution in [1.82, 2.24) is 15.5 Å². The molecule has 146 valence electrons. The van der Waals surface area contributed by atoms with Gasteiger partial charge in [0.2, 0.25) is 5.91 Å². The standard InChI is InChI=1S/C18H23N3O5S/c1-3-9-26-13-6-4-5-12(10-13)16(23)20-18(27)21-8-7-19-17(24)14(21)11-15(22)25-2/h4-6,10,14H,3,7-9,11H2,1-2H3,(H,19,24)(H,20,23,27). The number of piperazine rings is 1. The molecule has 1 aliphatic rings. The lowest BCUT2D eigenvalue weighted by atomic mass is 10.1. The Balaban J connectivity index is 2.06. The predicted molar refractivity (Wildman–Crippen MR) is 102 cm³/mol. The van der Waals surface area contributed by atoms with Crippen LogP contribution >= 0.6 is 12.2 Å². The fraction of sp³-hybridized carbons (Fsp3) is 0.444. The third-order valence-corrected chi connectivity index (χ3v) is 4.31. The molecular weight excluding hydrogens is 370 g/mol. The van der Waals surface area contributed by atoms with Crippen molar-refractivity contribution in [3.8, 4) is 5.75 Å². The van der Waals surface area contributed by atoms with Gasteiger partial charge in [0.15, 0.2) is 5.11 Å². The lowest BCUT2D eigenvalue weighted by Gasteiger charge is -2.36. The number of nitrogens with zero attached hydrogens (tertiary/aromatic N) is 1. The number of hydrogen-bond donors (Lipinski definition) is 2. The quantitative estimate of drug-likeness (QED) is 0.546. The maximum absolute atomic E-state index is 12.5. The van der Waals surface area contributed by atoms with Crippen LogP contribution in [0.5, 0.6) is 5.75 Å². The maximum atomic E-state index is 12.5. The Morgan fingerprint density at radius 1 is 1.41 bits per heavy atom. The first kappa shape index (κ1) is 20.6. The fourth-order valence-electron chi connectivity index (χ4n) is 2.59. The van der Waals surface area contributed by atoms with E-state index in [0.717, 1.165) is 6.42 Å². The molecule has 0 radical (unpaired) electrons. The molecule has 1 aromatic carbocycles. The highest BCUT2D eigenvalue weighted by Crippen LogP contribution is 2.15. The molecule has 2 rings (SSSR count). The lowest BCUT2D eigenvalue weighted by Crippen LogP contribution is -2.60. The number of methoxy groups -OCH3 is 1. The molecule has 1 fully saturated rings. The Morgan fingerprint density at radius 2 is 2.19 bits per heavy atom. The summed E-state index contributed by atoms with van der Waals surface area (Å²) in [5, 5.41) is 5.39. The van der Waals surface area contributed by atoms with Crippen LogP contribution < -0.4 is 15.4 Å². The summed E-state index contributed by atoms with van der Waals surface area (Å²) in [6.07, 6.45) is 0.706. The zero-order valence-electron chi connectivity index (χ0n) is 15.3. The van der Waals surface area contributed by atoms with E-state index in [0.29, 0.717) is 31.0 Å². The van der Waals surface area contributed by atoms with Crippen molar-refractivity contribution in [2.45, 2.75) is 25.8 Å². The lowest BCUT2D eigenvalue weighted by molar-refractivity contribution is -0.144. The number of thiocarbonyl (C=S) groups is 1. The van der Waals surface area contributed by atoms with Crippen molar-refractivity contribution in [2.75, 3.05) is 26.8 Å². The minimum absolute atomic E-state index is 0.0867. The minimum Gasteiger partial charge on any atom is -0.494 e. The van der Waals surface area contributed by atoms with Gasteiger partial charge in [-0.05, 0) is 36.8 Å². The van der Waals surface area contributed by atoms with Crippen LogP contribution in [-0.4, -0.2) is 60.6 Å². The van der Waals surface area contributed by atoms with E-state index >= 15 is 0 Å². The monoisotopic (exact) mass is 393 g/mol. The normalized spacial score (nSPS) is 16.3. The van der Waals surface area contributed by atoms with Gasteiger partial charge in [0.05, 0.1) is 20.1 Å². The first-order valence-electron chi connectivity index (χ1n) is 8.65. The molecule has 1 saturated heterocycles. The average Bonchev–Trinajstić information content (AvgIpc) is 2.67. The zero-order valence-corrected chi connectivity index (χ0v) is 16.1. The summed E-state index contributed by atoms with van der Waals surface area (Å²) in [5.41, 5.74) is 0.386. The van der Waals surface area contributed by atoms with E-state index in [1.807, 2.05) is 6.92 Å². The van der Waals surface area contributed by atoms with Gasteiger partial charge in [-0.1, -0.05) is 13.0 Å². The molecule has 0 aliphatic carbocycles. The molecule has 0 aromatic heterocycles. The van der Waals surface area contributed by atoms with Gasteiger partial charge in [0, 0.05) is 18.7 Å². The summed E-state index contributed by atoms with van der Waals surface area (Å²) in [7, 11) is 1.25. The highest BCUT2D eigenvalue weighted by molar-refractivity contribution is 7.80. The van der Waals surface area contributed by atoms with Gasteiger partial charge in [0.1, 0.15) is 11.8 Å². The van der Waals surface area contributed by atoms with Crippen LogP contribution in [0, 0.1) is 0 Å². The molecule has 1 unspecified atom stereocenters. The fourth-order valence-corrected chi connectivity index (χ4v) is 2.90. The molecule has 9 heteroatoms. The highest BCUT2D eigenvalue weighted by atomic mass is 32.1.